The van der Waals surface area contributed by atoms with Gasteiger partial charge in [0, 0.05) is 29.6 Å². The lowest BCUT2D eigenvalue weighted by Crippen LogP contribution is -2.47. The number of hydrogen-bond donors (Lipinski definition) is 5. The molecule has 0 aliphatic carbocycles. The van der Waals surface area contributed by atoms with E-state index in [9.17, 15) is 19.2 Å². The van der Waals surface area contributed by atoms with E-state index in [1.807, 2.05) is 48.5 Å². The van der Waals surface area contributed by atoms with Crippen LogP contribution in [-0.4, -0.2) is 50.3 Å². The van der Waals surface area contributed by atoms with Gasteiger partial charge in [-0.3, -0.25) is 14.6 Å². The van der Waals surface area contributed by atoms with Crippen LogP contribution in [0.4, 0.5) is 0 Å². The molecule has 38 heavy (non-hydrogen) atoms. The Bertz CT molecular complexity index is 1450. The number of aromatic amines is 3. The van der Waals surface area contributed by atoms with Gasteiger partial charge in [-0.1, -0.05) is 61.4 Å². The Balaban J connectivity index is 1.43. The molecule has 0 fully saturated rings. The maximum Gasteiger partial charge on any atom is 0.341 e. The SMILES string of the molecule is CC(=O)CCCCC[C@H](NC(=O)c1n[nH]c(=O)[nH]1)C(=O)NCCc1c(-c2ccccc2)[nH]c2ccccc12. The monoisotopic (exact) mass is 516 g/mol. The van der Waals surface area contributed by atoms with Crippen molar-refractivity contribution in [1.29, 1.82) is 0 Å². The van der Waals surface area contributed by atoms with Crippen LogP contribution >= 0.6 is 0 Å². The summed E-state index contributed by atoms with van der Waals surface area (Å²) < 4.78 is 0. The molecular formula is C28H32N6O4. The molecule has 2 aromatic carbocycles. The van der Waals surface area contributed by atoms with Gasteiger partial charge in [0.25, 0.3) is 5.91 Å². The highest BCUT2D eigenvalue weighted by Crippen LogP contribution is 2.30. The third-order valence-electron chi connectivity index (χ3n) is 6.41. The molecule has 2 amide bonds. The molecule has 0 unspecified atom stereocenters. The molecule has 0 aliphatic heterocycles. The molecule has 10 heteroatoms. The summed E-state index contributed by atoms with van der Waals surface area (Å²) in [5, 5.41) is 12.5. The molecule has 0 radical (unpaired) electrons. The summed E-state index contributed by atoms with van der Waals surface area (Å²) in [5.41, 5.74) is 3.60. The van der Waals surface area contributed by atoms with E-state index in [0.29, 0.717) is 32.2 Å². The number of nitrogens with one attached hydrogen (secondary N) is 5. The zero-order valence-corrected chi connectivity index (χ0v) is 21.3. The number of ketones is 1. The average Bonchev–Trinajstić information content (AvgIpc) is 3.52. The van der Waals surface area contributed by atoms with Crippen LogP contribution in [0.5, 0.6) is 0 Å². The summed E-state index contributed by atoms with van der Waals surface area (Å²) in [5.74, 6) is -1.02. The molecule has 2 aromatic heterocycles. The zero-order valence-electron chi connectivity index (χ0n) is 21.3. The fourth-order valence-corrected chi connectivity index (χ4v) is 4.52. The Morgan fingerprint density at radius 1 is 0.947 bits per heavy atom. The van der Waals surface area contributed by atoms with E-state index in [1.54, 1.807) is 6.92 Å². The van der Waals surface area contributed by atoms with Crippen LogP contribution in [0.25, 0.3) is 22.2 Å². The molecule has 198 valence electrons. The van der Waals surface area contributed by atoms with Gasteiger partial charge in [0.15, 0.2) is 0 Å². The van der Waals surface area contributed by atoms with E-state index >= 15 is 0 Å². The molecule has 0 saturated carbocycles. The second-order valence-corrected chi connectivity index (χ2v) is 9.28. The highest BCUT2D eigenvalue weighted by atomic mass is 16.2. The quantitative estimate of drug-likeness (QED) is 0.173. The van der Waals surface area contributed by atoms with Crippen LogP contribution in [0.15, 0.2) is 59.4 Å². The number of Topliss-reactive ketones (excluding diaryl/α,β-unsaturated/α-hetero) is 1. The predicted octanol–water partition coefficient (Wildman–Crippen LogP) is 3.24. The number of carbonyl (C=O) groups is 3. The number of unbranched alkanes of at least 4 members (excludes halogenated alkanes) is 2. The molecule has 5 N–H and O–H groups in total. The molecule has 0 spiro atoms. The molecule has 1 atom stereocenters. The Kier molecular flexibility index (Phi) is 8.86. The third-order valence-corrected chi connectivity index (χ3v) is 6.41. The van der Waals surface area contributed by atoms with Crippen molar-refractivity contribution in [3.63, 3.8) is 0 Å². The first-order valence-electron chi connectivity index (χ1n) is 12.8. The number of para-hydroxylation sites is 1. The molecule has 0 saturated heterocycles. The molecule has 4 aromatic rings. The maximum absolute atomic E-state index is 13.1. The topological polar surface area (TPSA) is 153 Å². The Labute approximate surface area is 219 Å². The van der Waals surface area contributed by atoms with E-state index in [1.165, 1.54) is 0 Å². The zero-order chi connectivity index (χ0) is 26.9. The number of amides is 2. The molecule has 2 heterocycles. The maximum atomic E-state index is 13.1. The van der Waals surface area contributed by atoms with E-state index in [4.69, 9.17) is 0 Å². The van der Waals surface area contributed by atoms with Gasteiger partial charge in [-0.25, -0.2) is 9.89 Å². The highest BCUT2D eigenvalue weighted by molar-refractivity contribution is 5.95. The Hall–Kier alpha value is -4.47. The summed E-state index contributed by atoms with van der Waals surface area (Å²) in [7, 11) is 0. The summed E-state index contributed by atoms with van der Waals surface area (Å²) >= 11 is 0. The number of H-pyrrole nitrogens is 3. The number of hydrogen-bond acceptors (Lipinski definition) is 5. The number of rotatable bonds is 13. The fraction of sp³-hybridized carbons (Fsp3) is 0.321. The number of benzene rings is 2. The highest BCUT2D eigenvalue weighted by Gasteiger charge is 2.23. The van der Waals surface area contributed by atoms with Crippen molar-refractivity contribution in [2.75, 3.05) is 6.54 Å². The van der Waals surface area contributed by atoms with Crippen molar-refractivity contribution < 1.29 is 14.4 Å². The van der Waals surface area contributed by atoms with Crippen molar-refractivity contribution >= 4 is 28.5 Å². The normalized spacial score (nSPS) is 11.8. The summed E-state index contributed by atoms with van der Waals surface area (Å²) in [6.45, 7) is 1.93. The Morgan fingerprint density at radius 2 is 1.71 bits per heavy atom. The van der Waals surface area contributed by atoms with Gasteiger partial charge in [0.1, 0.15) is 11.8 Å². The fourth-order valence-electron chi connectivity index (χ4n) is 4.52. The van der Waals surface area contributed by atoms with Crippen molar-refractivity contribution in [1.82, 2.24) is 30.8 Å². The van der Waals surface area contributed by atoms with Crippen LogP contribution in [0.1, 0.15) is 55.2 Å². The van der Waals surface area contributed by atoms with Crippen LogP contribution in [-0.2, 0) is 16.0 Å². The van der Waals surface area contributed by atoms with Crippen LogP contribution in [0.2, 0.25) is 0 Å². The van der Waals surface area contributed by atoms with Crippen molar-refractivity contribution in [2.45, 2.75) is 51.5 Å². The van der Waals surface area contributed by atoms with E-state index < -0.39 is 17.6 Å². The Morgan fingerprint density at radius 3 is 2.45 bits per heavy atom. The van der Waals surface area contributed by atoms with Crippen molar-refractivity contribution in [3.8, 4) is 11.3 Å². The summed E-state index contributed by atoms with van der Waals surface area (Å²) in [6.07, 6.45) is 3.62. The second kappa shape index (κ2) is 12.7. The van der Waals surface area contributed by atoms with Gasteiger partial charge in [0.2, 0.25) is 11.7 Å². The first-order valence-corrected chi connectivity index (χ1v) is 12.8. The molecular weight excluding hydrogens is 484 g/mol. The molecule has 0 aliphatic rings. The van der Waals surface area contributed by atoms with Crippen molar-refractivity contribution in [3.05, 3.63) is 76.5 Å². The van der Waals surface area contributed by atoms with Gasteiger partial charge >= 0.3 is 5.69 Å². The smallest absolute Gasteiger partial charge is 0.341 e. The predicted molar refractivity (Wildman–Crippen MR) is 145 cm³/mol. The lowest BCUT2D eigenvalue weighted by molar-refractivity contribution is -0.123. The standard InChI is InChI=1S/C28H32N6O4/c1-18(35)10-4-2-7-15-23(31-27(37)25-32-28(38)34-33-25)26(36)29-17-16-21-20-13-8-9-14-22(20)30-24(21)19-11-5-3-6-12-19/h3,5-6,8-9,11-14,23,30H,2,4,7,10,15-17H2,1H3,(H,29,36)(H,31,37)(H2,32,33,34,38)/t23-/m0/s1. The van der Waals surface area contributed by atoms with Crippen molar-refractivity contribution in [2.24, 2.45) is 0 Å². The summed E-state index contributed by atoms with van der Waals surface area (Å²) in [6, 6.07) is 17.3. The van der Waals surface area contributed by atoms with E-state index in [0.717, 1.165) is 40.6 Å². The molecule has 10 nitrogen and oxygen atoms in total. The van der Waals surface area contributed by atoms with Gasteiger partial charge in [0.05, 0.1) is 0 Å². The van der Waals surface area contributed by atoms with Gasteiger partial charge in [-0.15, -0.1) is 5.10 Å². The van der Waals surface area contributed by atoms with Gasteiger partial charge in [-0.05, 0) is 43.4 Å². The molecule has 0 bridgehead atoms. The van der Waals surface area contributed by atoms with E-state index in [-0.39, 0.29) is 17.5 Å². The van der Waals surface area contributed by atoms with Gasteiger partial charge < -0.3 is 20.4 Å². The third kappa shape index (κ3) is 6.84. The number of aromatic nitrogens is 4. The lowest BCUT2D eigenvalue weighted by Gasteiger charge is -2.18. The first-order chi connectivity index (χ1) is 18.4. The molecule has 4 rings (SSSR count). The minimum Gasteiger partial charge on any atom is -0.354 e. The second-order valence-electron chi connectivity index (χ2n) is 9.28. The minimum atomic E-state index is -0.809. The number of nitrogens with zero attached hydrogens (tertiary/aromatic N) is 1. The lowest BCUT2D eigenvalue weighted by atomic mass is 10.0. The van der Waals surface area contributed by atoms with E-state index in [2.05, 4.69) is 36.9 Å². The van der Waals surface area contributed by atoms with Crippen LogP contribution in [0.3, 0.4) is 0 Å². The minimum absolute atomic E-state index is 0.127. The van der Waals surface area contributed by atoms with Crippen LogP contribution in [0, 0.1) is 0 Å². The number of carbonyl (C=O) groups excluding carboxylic acids is 3. The number of fused-ring (bicyclic) bond motifs is 1. The average molecular weight is 517 g/mol. The summed E-state index contributed by atoms with van der Waals surface area (Å²) in [4.78, 5) is 54.0. The van der Waals surface area contributed by atoms with Gasteiger partial charge in [-0.2, -0.15) is 0 Å². The first kappa shape index (κ1) is 26.6. The largest absolute Gasteiger partial charge is 0.354 e. The van der Waals surface area contributed by atoms with Crippen LogP contribution < -0.4 is 16.3 Å².